The summed E-state index contributed by atoms with van der Waals surface area (Å²) in [7, 11) is 0. The first-order valence-electron chi connectivity index (χ1n) is 6.64. The van der Waals surface area contributed by atoms with E-state index in [1.54, 1.807) is 6.08 Å². The Hall–Kier alpha value is -2.21. The summed E-state index contributed by atoms with van der Waals surface area (Å²) in [6, 6.07) is 7.78. The molecule has 2 aliphatic heterocycles. The second-order valence-electron chi connectivity index (χ2n) is 4.78. The number of hydrazone groups is 1. The highest BCUT2D eigenvalue weighted by molar-refractivity contribution is 8.26. The highest BCUT2D eigenvalue weighted by atomic mass is 32.2. The van der Waals surface area contributed by atoms with Gasteiger partial charge in [-0.15, -0.1) is 0 Å². The maximum Gasteiger partial charge on any atom is 0.283 e. The topological polar surface area (TPSA) is 68.9 Å². The smallest absolute Gasteiger partial charge is 0.282 e. The molecule has 0 aliphatic carbocycles. The van der Waals surface area contributed by atoms with Crippen LogP contribution in [0.2, 0.25) is 0 Å². The van der Waals surface area contributed by atoms with Gasteiger partial charge in [0.15, 0.2) is 5.84 Å². The van der Waals surface area contributed by atoms with Crippen molar-refractivity contribution in [3.05, 3.63) is 41.0 Å². The molecule has 0 bridgehead atoms. The van der Waals surface area contributed by atoms with Crippen LogP contribution < -0.4 is 0 Å². The van der Waals surface area contributed by atoms with E-state index in [9.17, 15) is 4.79 Å². The molecule has 2 aliphatic rings. The van der Waals surface area contributed by atoms with Crippen LogP contribution in [0.5, 0.6) is 0 Å². The van der Waals surface area contributed by atoms with Crippen LogP contribution >= 0.6 is 11.8 Å². The van der Waals surface area contributed by atoms with Gasteiger partial charge < -0.3 is 0 Å². The molecule has 0 unspecified atom stereocenters. The summed E-state index contributed by atoms with van der Waals surface area (Å²) in [5.41, 5.74) is 2.29. The number of amidine groups is 2. The minimum absolute atomic E-state index is 0.0847. The Kier molecular flexibility index (Phi) is 3.47. The normalized spacial score (nSPS) is 19.7. The lowest BCUT2D eigenvalue weighted by atomic mass is 10.1. The van der Waals surface area contributed by atoms with Crippen molar-refractivity contribution in [2.75, 3.05) is 0 Å². The van der Waals surface area contributed by atoms with Gasteiger partial charge in [-0.25, -0.2) is 0 Å². The summed E-state index contributed by atoms with van der Waals surface area (Å²) in [6.07, 6.45) is 2.45. The lowest BCUT2D eigenvalue weighted by Gasteiger charge is -2.20. The largest absolute Gasteiger partial charge is 0.283 e. The third-order valence-electron chi connectivity index (χ3n) is 3.19. The number of rotatable bonds is 2. The summed E-state index contributed by atoms with van der Waals surface area (Å²) in [5, 5.41) is 15.3. The number of aryl methyl sites for hydroxylation is 1. The van der Waals surface area contributed by atoms with Crippen LogP contribution in [-0.4, -0.2) is 27.0 Å². The quantitative estimate of drug-likeness (QED) is 0.853. The molecule has 0 fully saturated rings. The number of hydrogen-bond donors (Lipinski definition) is 1. The van der Waals surface area contributed by atoms with Gasteiger partial charge in [-0.1, -0.05) is 36.8 Å². The molecule has 0 saturated heterocycles. The van der Waals surface area contributed by atoms with Crippen molar-refractivity contribution in [3.8, 4) is 0 Å². The molecule has 6 heteroatoms. The van der Waals surface area contributed by atoms with Crippen LogP contribution in [0.1, 0.15) is 24.5 Å². The van der Waals surface area contributed by atoms with E-state index in [2.05, 4.69) is 10.1 Å². The Morgan fingerprint density at radius 2 is 2.05 bits per heavy atom. The van der Waals surface area contributed by atoms with Gasteiger partial charge in [0.25, 0.3) is 5.91 Å². The van der Waals surface area contributed by atoms with Crippen LogP contribution in [0.25, 0.3) is 6.08 Å². The predicted molar refractivity (Wildman–Crippen MR) is 86.5 cm³/mol. The Bertz CT molecular complexity index is 716. The molecule has 2 heterocycles. The lowest BCUT2D eigenvalue weighted by Crippen LogP contribution is -2.35. The average Bonchev–Trinajstić information content (AvgIpc) is 2.88. The zero-order valence-corrected chi connectivity index (χ0v) is 12.6. The average molecular weight is 298 g/mol. The molecule has 5 nitrogen and oxygen atoms in total. The van der Waals surface area contributed by atoms with Crippen molar-refractivity contribution in [1.82, 2.24) is 5.01 Å². The number of thioether (sulfide) groups is 1. The van der Waals surface area contributed by atoms with E-state index >= 15 is 0 Å². The van der Waals surface area contributed by atoms with E-state index < -0.39 is 0 Å². The van der Waals surface area contributed by atoms with Gasteiger partial charge in [-0.05, 0) is 36.7 Å². The number of benzene rings is 1. The summed E-state index contributed by atoms with van der Waals surface area (Å²) in [5.74, 6) is -0.298. The molecule has 106 valence electrons. The molecule has 0 radical (unpaired) electrons. The van der Waals surface area contributed by atoms with E-state index in [4.69, 9.17) is 5.41 Å². The maximum absolute atomic E-state index is 12.1. The highest BCUT2D eigenvalue weighted by Crippen LogP contribution is 2.29. The number of carbonyl (C=O) groups is 1. The predicted octanol–water partition coefficient (Wildman–Crippen LogP) is 3.02. The van der Waals surface area contributed by atoms with Crippen LogP contribution in [-0.2, 0) is 4.79 Å². The van der Waals surface area contributed by atoms with Crippen LogP contribution in [0.4, 0.5) is 0 Å². The number of nitrogens with one attached hydrogen (secondary N) is 1. The molecule has 0 atom stereocenters. The maximum atomic E-state index is 12.1. The second kappa shape index (κ2) is 5.29. The molecule has 0 saturated carbocycles. The van der Waals surface area contributed by atoms with Gasteiger partial charge >= 0.3 is 0 Å². The van der Waals surface area contributed by atoms with Gasteiger partial charge in [0.2, 0.25) is 5.17 Å². The lowest BCUT2D eigenvalue weighted by molar-refractivity contribution is -0.114. The highest BCUT2D eigenvalue weighted by Gasteiger charge is 2.34. The number of aliphatic imine (C=N–C) groups is 1. The third kappa shape index (κ3) is 2.54. The van der Waals surface area contributed by atoms with Gasteiger partial charge in [-0.3, -0.25) is 10.2 Å². The fourth-order valence-electron chi connectivity index (χ4n) is 2.00. The molecule has 0 spiro atoms. The minimum atomic E-state index is -0.383. The number of nitrogens with zero attached hydrogens (tertiary/aromatic N) is 3. The van der Waals surface area contributed by atoms with Gasteiger partial charge in [-0.2, -0.15) is 15.1 Å². The van der Waals surface area contributed by atoms with Gasteiger partial charge in [0.1, 0.15) is 5.04 Å². The molecule has 1 amide bonds. The second-order valence-corrected chi connectivity index (χ2v) is 5.82. The van der Waals surface area contributed by atoms with E-state index in [0.717, 1.165) is 22.6 Å². The monoisotopic (exact) mass is 298 g/mol. The van der Waals surface area contributed by atoms with E-state index in [-0.39, 0.29) is 17.3 Å². The summed E-state index contributed by atoms with van der Waals surface area (Å²) in [4.78, 5) is 16.2. The van der Waals surface area contributed by atoms with Gasteiger partial charge in [0, 0.05) is 0 Å². The van der Waals surface area contributed by atoms with Crippen LogP contribution in [0.15, 0.2) is 39.9 Å². The molecule has 0 aromatic heterocycles. The van der Waals surface area contributed by atoms with Crippen LogP contribution in [0, 0.1) is 12.3 Å². The van der Waals surface area contributed by atoms with Crippen molar-refractivity contribution in [3.63, 3.8) is 0 Å². The number of hydrogen-bond acceptors (Lipinski definition) is 4. The number of amides is 1. The fraction of sp³-hybridized carbons (Fsp3) is 0.200. The Balaban J connectivity index is 1.97. The molecular formula is C15H14N4OS. The minimum Gasteiger partial charge on any atom is -0.282 e. The summed E-state index contributed by atoms with van der Waals surface area (Å²) >= 11 is 1.35. The Labute approximate surface area is 127 Å². The number of carbonyl (C=O) groups excluding carboxylic acids is 1. The van der Waals surface area contributed by atoms with Crippen molar-refractivity contribution in [2.45, 2.75) is 20.3 Å². The fourth-order valence-corrected chi connectivity index (χ4v) is 2.83. The Morgan fingerprint density at radius 3 is 2.71 bits per heavy atom. The first-order valence-corrected chi connectivity index (χ1v) is 7.46. The Morgan fingerprint density at radius 1 is 1.33 bits per heavy atom. The van der Waals surface area contributed by atoms with E-state index in [1.807, 2.05) is 38.1 Å². The third-order valence-corrected chi connectivity index (χ3v) is 4.24. The van der Waals surface area contributed by atoms with Crippen molar-refractivity contribution in [1.29, 1.82) is 5.41 Å². The molecule has 1 aromatic rings. The molecule has 3 rings (SSSR count). The van der Waals surface area contributed by atoms with Gasteiger partial charge in [0.05, 0.1) is 5.57 Å². The van der Waals surface area contributed by atoms with Crippen molar-refractivity contribution < 1.29 is 4.79 Å². The SMILES string of the molecule is CCC1=NN2C(=N)C(=Cc3ccc(C)cc3)C(=O)N=C2S1. The first-order chi connectivity index (χ1) is 10.1. The molecule has 1 N–H and O–H groups in total. The van der Waals surface area contributed by atoms with Crippen LogP contribution in [0.3, 0.4) is 0 Å². The summed E-state index contributed by atoms with van der Waals surface area (Å²) in [6.45, 7) is 3.99. The zero-order chi connectivity index (χ0) is 15.0. The van der Waals surface area contributed by atoms with Crippen molar-refractivity contribution >= 4 is 39.8 Å². The number of fused-ring (bicyclic) bond motifs is 1. The molecule has 21 heavy (non-hydrogen) atoms. The molecular weight excluding hydrogens is 284 g/mol. The standard InChI is InChI=1S/C15H14N4OS/c1-3-12-18-19-13(16)11(14(20)17-15(19)21-12)8-10-6-4-9(2)5-7-10/h4-8,16H,3H2,1-2H3. The molecule has 1 aromatic carbocycles. The van der Waals surface area contributed by atoms with Crippen molar-refractivity contribution in [2.24, 2.45) is 10.1 Å². The summed E-state index contributed by atoms with van der Waals surface area (Å²) < 4.78 is 0. The van der Waals surface area contributed by atoms with E-state index in [0.29, 0.717) is 5.17 Å². The first kappa shape index (κ1) is 13.8. The zero-order valence-electron chi connectivity index (χ0n) is 11.8. The van der Waals surface area contributed by atoms with E-state index in [1.165, 1.54) is 16.8 Å².